The van der Waals surface area contributed by atoms with E-state index in [0.717, 1.165) is 12.8 Å². The first-order chi connectivity index (χ1) is 14.0. The number of nitrogens with one attached hydrogen (secondary N) is 2. The minimum atomic E-state index is -0.508. The summed E-state index contributed by atoms with van der Waals surface area (Å²) in [5.41, 5.74) is 0.542. The van der Waals surface area contributed by atoms with Crippen LogP contribution in [0.1, 0.15) is 12.8 Å². The molecular weight excluding hydrogens is 380 g/mol. The van der Waals surface area contributed by atoms with E-state index < -0.39 is 5.82 Å². The summed E-state index contributed by atoms with van der Waals surface area (Å²) in [4.78, 5) is 25.9. The second-order valence-corrected chi connectivity index (χ2v) is 6.89. The molecule has 0 aliphatic carbocycles. The van der Waals surface area contributed by atoms with E-state index in [4.69, 9.17) is 4.74 Å². The van der Waals surface area contributed by atoms with Crippen LogP contribution in [0.2, 0.25) is 0 Å². The van der Waals surface area contributed by atoms with E-state index in [9.17, 15) is 18.4 Å². The Kier molecular flexibility index (Phi) is 6.99. The number of hydrogen-bond donors (Lipinski definition) is 2. The summed E-state index contributed by atoms with van der Waals surface area (Å²) in [7, 11) is 0. The number of rotatable bonds is 6. The summed E-state index contributed by atoms with van der Waals surface area (Å²) < 4.78 is 31.6. The quantitative estimate of drug-likeness (QED) is 0.777. The van der Waals surface area contributed by atoms with Gasteiger partial charge in [-0.3, -0.25) is 4.79 Å². The first-order valence-corrected chi connectivity index (χ1v) is 9.47. The van der Waals surface area contributed by atoms with Crippen molar-refractivity contribution in [2.24, 2.45) is 5.92 Å². The van der Waals surface area contributed by atoms with Crippen molar-refractivity contribution in [1.82, 2.24) is 10.2 Å². The fraction of sp³-hybridized carbons (Fsp3) is 0.333. The molecule has 6 nitrogen and oxygen atoms in total. The van der Waals surface area contributed by atoms with E-state index in [1.165, 1.54) is 36.4 Å². The van der Waals surface area contributed by atoms with Crippen LogP contribution >= 0.6 is 0 Å². The molecule has 1 aliphatic heterocycles. The predicted molar refractivity (Wildman–Crippen MR) is 105 cm³/mol. The zero-order chi connectivity index (χ0) is 20.6. The van der Waals surface area contributed by atoms with Crippen LogP contribution in [-0.4, -0.2) is 43.1 Å². The van der Waals surface area contributed by atoms with E-state index in [2.05, 4.69) is 10.6 Å². The third-order valence-electron chi connectivity index (χ3n) is 4.78. The maximum atomic E-state index is 13.5. The van der Waals surface area contributed by atoms with Gasteiger partial charge in [0.2, 0.25) is 0 Å². The number of halogens is 2. The minimum absolute atomic E-state index is 0.0446. The molecule has 0 atom stereocenters. The number of amides is 3. The summed E-state index contributed by atoms with van der Waals surface area (Å²) in [5.74, 6) is -0.883. The summed E-state index contributed by atoms with van der Waals surface area (Å²) in [6.45, 7) is 1.37. The fourth-order valence-corrected chi connectivity index (χ4v) is 3.09. The maximum absolute atomic E-state index is 13.5. The average Bonchev–Trinajstić information content (AvgIpc) is 2.73. The van der Waals surface area contributed by atoms with Gasteiger partial charge in [-0.25, -0.2) is 13.6 Å². The topological polar surface area (TPSA) is 70.7 Å². The highest BCUT2D eigenvalue weighted by Gasteiger charge is 2.23. The zero-order valence-electron chi connectivity index (χ0n) is 15.9. The van der Waals surface area contributed by atoms with Gasteiger partial charge in [0, 0.05) is 25.3 Å². The highest BCUT2D eigenvalue weighted by Crippen LogP contribution is 2.18. The molecule has 0 saturated carbocycles. The molecule has 0 spiro atoms. The predicted octanol–water partition coefficient (Wildman–Crippen LogP) is 3.40. The highest BCUT2D eigenvalue weighted by atomic mass is 19.1. The third-order valence-corrected chi connectivity index (χ3v) is 4.78. The summed E-state index contributed by atoms with van der Waals surface area (Å²) in [6.07, 6.45) is 1.51. The molecule has 8 heteroatoms. The largest absolute Gasteiger partial charge is 0.481 e. The number of carbonyl (C=O) groups is 2. The number of hydrogen-bond acceptors (Lipinski definition) is 3. The highest BCUT2D eigenvalue weighted by molar-refractivity contribution is 5.89. The van der Waals surface area contributed by atoms with Gasteiger partial charge in [-0.1, -0.05) is 12.1 Å². The van der Waals surface area contributed by atoms with Crippen molar-refractivity contribution < 1.29 is 23.1 Å². The molecule has 2 aromatic carbocycles. The second kappa shape index (κ2) is 9.86. The molecule has 0 unspecified atom stereocenters. The molecule has 0 bridgehead atoms. The minimum Gasteiger partial charge on any atom is -0.481 e. The van der Waals surface area contributed by atoms with Crippen LogP contribution in [-0.2, 0) is 4.79 Å². The van der Waals surface area contributed by atoms with Gasteiger partial charge >= 0.3 is 6.03 Å². The van der Waals surface area contributed by atoms with Crippen molar-refractivity contribution in [2.75, 3.05) is 31.6 Å². The van der Waals surface area contributed by atoms with Gasteiger partial charge < -0.3 is 20.3 Å². The standard InChI is InChI=1S/C21H23F2N3O3/c22-16-5-7-17(8-6-16)25-21(28)26-11-9-15(10-12-26)13-24-20(27)14-29-19-4-2-1-3-18(19)23/h1-8,15H,9-14H2,(H,24,27)(H,25,28). The third kappa shape index (κ3) is 6.17. The number of nitrogens with zero attached hydrogens (tertiary/aromatic N) is 1. The van der Waals surface area contributed by atoms with Gasteiger partial charge in [-0.05, 0) is 55.2 Å². The van der Waals surface area contributed by atoms with Gasteiger partial charge in [0.05, 0.1) is 0 Å². The number of benzene rings is 2. The molecule has 0 aromatic heterocycles. The van der Waals surface area contributed by atoms with Crippen LogP contribution in [0.15, 0.2) is 48.5 Å². The molecule has 1 fully saturated rings. The van der Waals surface area contributed by atoms with E-state index in [1.807, 2.05) is 0 Å². The lowest BCUT2D eigenvalue weighted by molar-refractivity contribution is -0.123. The van der Waals surface area contributed by atoms with Crippen LogP contribution in [0.4, 0.5) is 19.3 Å². The molecule has 3 rings (SSSR count). The summed E-state index contributed by atoms with van der Waals surface area (Å²) in [5, 5.41) is 5.53. The molecule has 154 valence electrons. The second-order valence-electron chi connectivity index (χ2n) is 6.89. The number of anilines is 1. The Hall–Kier alpha value is -3.16. The van der Waals surface area contributed by atoms with E-state index in [1.54, 1.807) is 17.0 Å². The number of para-hydroxylation sites is 1. The molecular formula is C21H23F2N3O3. The smallest absolute Gasteiger partial charge is 0.321 e. The van der Waals surface area contributed by atoms with Crippen molar-refractivity contribution in [1.29, 1.82) is 0 Å². The Bertz CT molecular complexity index is 837. The molecule has 3 amide bonds. The van der Waals surface area contributed by atoms with Crippen LogP contribution in [0, 0.1) is 17.6 Å². The Labute approximate surface area is 167 Å². The molecule has 1 heterocycles. The summed E-state index contributed by atoms with van der Waals surface area (Å²) in [6, 6.07) is 11.3. The Morgan fingerprint density at radius 1 is 1.03 bits per heavy atom. The lowest BCUT2D eigenvalue weighted by Gasteiger charge is -2.32. The lowest BCUT2D eigenvalue weighted by Crippen LogP contribution is -2.43. The normalized spacial score (nSPS) is 14.3. The first-order valence-electron chi connectivity index (χ1n) is 9.47. The van der Waals surface area contributed by atoms with Gasteiger partial charge in [-0.15, -0.1) is 0 Å². The van der Waals surface area contributed by atoms with Crippen LogP contribution in [0.5, 0.6) is 5.75 Å². The first kappa shape index (κ1) is 20.6. The SMILES string of the molecule is O=C(COc1ccccc1F)NCC1CCN(C(=O)Nc2ccc(F)cc2)CC1. The fourth-order valence-electron chi connectivity index (χ4n) is 3.09. The Morgan fingerprint density at radius 2 is 1.72 bits per heavy atom. The van der Waals surface area contributed by atoms with Crippen molar-refractivity contribution in [2.45, 2.75) is 12.8 Å². The van der Waals surface area contributed by atoms with Gasteiger partial charge in [0.25, 0.3) is 5.91 Å². The van der Waals surface area contributed by atoms with Crippen LogP contribution in [0.3, 0.4) is 0 Å². The molecule has 29 heavy (non-hydrogen) atoms. The van der Waals surface area contributed by atoms with Crippen molar-refractivity contribution in [3.05, 3.63) is 60.2 Å². The number of urea groups is 1. The molecule has 0 radical (unpaired) electrons. The van der Waals surface area contributed by atoms with Gasteiger partial charge in [-0.2, -0.15) is 0 Å². The average molecular weight is 403 g/mol. The van der Waals surface area contributed by atoms with E-state index in [0.29, 0.717) is 25.3 Å². The molecule has 1 aliphatic rings. The van der Waals surface area contributed by atoms with Crippen LogP contribution < -0.4 is 15.4 Å². The van der Waals surface area contributed by atoms with Crippen molar-refractivity contribution in [3.63, 3.8) is 0 Å². The monoisotopic (exact) mass is 403 g/mol. The number of carbonyl (C=O) groups excluding carboxylic acids is 2. The van der Waals surface area contributed by atoms with Crippen molar-refractivity contribution in [3.8, 4) is 5.75 Å². The maximum Gasteiger partial charge on any atom is 0.321 e. The molecule has 1 saturated heterocycles. The summed E-state index contributed by atoms with van der Waals surface area (Å²) >= 11 is 0. The molecule has 2 aromatic rings. The van der Waals surface area contributed by atoms with E-state index >= 15 is 0 Å². The number of likely N-dealkylation sites (tertiary alicyclic amines) is 1. The molecule has 2 N–H and O–H groups in total. The number of piperidine rings is 1. The van der Waals surface area contributed by atoms with Crippen molar-refractivity contribution >= 4 is 17.6 Å². The number of ether oxygens (including phenoxy) is 1. The van der Waals surface area contributed by atoms with E-state index in [-0.39, 0.29) is 36.0 Å². The Morgan fingerprint density at radius 3 is 2.41 bits per heavy atom. The Balaban J connectivity index is 1.35. The van der Waals surface area contributed by atoms with Crippen LogP contribution in [0.25, 0.3) is 0 Å². The lowest BCUT2D eigenvalue weighted by atomic mass is 9.97. The zero-order valence-corrected chi connectivity index (χ0v) is 15.9. The van der Waals surface area contributed by atoms with Gasteiger partial charge in [0.15, 0.2) is 18.2 Å². The van der Waals surface area contributed by atoms with Gasteiger partial charge in [0.1, 0.15) is 5.82 Å².